The van der Waals surface area contributed by atoms with Crippen LogP contribution in [-0.4, -0.2) is 92.5 Å². The zero-order chi connectivity index (χ0) is 19.1. The van der Waals surface area contributed by atoms with E-state index in [1.807, 2.05) is 25.1 Å². The molecule has 2 unspecified atom stereocenters. The van der Waals surface area contributed by atoms with Gasteiger partial charge in [0.05, 0.1) is 24.1 Å². The smallest absolute Gasteiger partial charge is 0.317 e. The van der Waals surface area contributed by atoms with Gasteiger partial charge in [0.2, 0.25) is 0 Å². The minimum absolute atomic E-state index is 0.105. The third-order valence-corrected chi connectivity index (χ3v) is 6.70. The molecule has 142 valence electrons. The SMILES string of the molecule is CN(C)c1cccc(C(=O)N2CCN(CC(=O)O)C3CS(=O)(=O)CC32)c1. The van der Waals surface area contributed by atoms with Gasteiger partial charge in [-0.2, -0.15) is 0 Å². The van der Waals surface area contributed by atoms with E-state index in [9.17, 15) is 18.0 Å². The van der Waals surface area contributed by atoms with Crippen LogP contribution in [0, 0.1) is 0 Å². The van der Waals surface area contributed by atoms with Gasteiger partial charge < -0.3 is 14.9 Å². The Hall–Kier alpha value is -2.13. The number of nitrogens with zero attached hydrogens (tertiary/aromatic N) is 3. The normalized spacial score (nSPS) is 24.9. The minimum atomic E-state index is -3.30. The fourth-order valence-corrected chi connectivity index (χ4v) is 5.74. The second kappa shape index (κ2) is 6.88. The number of fused-ring (bicyclic) bond motifs is 1. The van der Waals surface area contributed by atoms with Gasteiger partial charge in [-0.05, 0) is 18.2 Å². The Kier molecular flexibility index (Phi) is 4.94. The average molecular weight is 381 g/mol. The van der Waals surface area contributed by atoms with E-state index in [4.69, 9.17) is 5.11 Å². The Balaban J connectivity index is 1.87. The fourth-order valence-electron chi connectivity index (χ4n) is 3.73. The van der Waals surface area contributed by atoms with Gasteiger partial charge in [0, 0.05) is 44.5 Å². The monoisotopic (exact) mass is 381 g/mol. The predicted octanol–water partition coefficient (Wildman–Crippen LogP) is -0.239. The highest BCUT2D eigenvalue weighted by Gasteiger charge is 2.48. The molecule has 2 aliphatic heterocycles. The highest BCUT2D eigenvalue weighted by molar-refractivity contribution is 7.91. The Morgan fingerprint density at radius 1 is 1.19 bits per heavy atom. The number of sulfone groups is 1. The number of amides is 1. The van der Waals surface area contributed by atoms with Crippen molar-refractivity contribution >= 4 is 27.4 Å². The van der Waals surface area contributed by atoms with Gasteiger partial charge in [-0.1, -0.05) is 6.07 Å². The standard InChI is InChI=1S/C17H23N3O5S/c1-18(2)13-5-3-4-12(8-13)17(23)20-7-6-19(9-16(21)22)14-10-26(24,25)11-15(14)20/h3-5,8,14-15H,6-7,9-11H2,1-2H3,(H,21,22). The molecular formula is C17H23N3O5S. The Labute approximate surface area is 152 Å². The predicted molar refractivity (Wildman–Crippen MR) is 97.2 cm³/mol. The van der Waals surface area contributed by atoms with Crippen LogP contribution in [0.5, 0.6) is 0 Å². The molecule has 0 saturated carbocycles. The van der Waals surface area contributed by atoms with Gasteiger partial charge in [0.25, 0.3) is 5.91 Å². The largest absolute Gasteiger partial charge is 0.480 e. The molecule has 0 bridgehead atoms. The van der Waals surface area contributed by atoms with Gasteiger partial charge in [-0.3, -0.25) is 14.5 Å². The van der Waals surface area contributed by atoms with E-state index in [1.165, 1.54) is 0 Å². The van der Waals surface area contributed by atoms with E-state index in [1.54, 1.807) is 28.0 Å². The van der Waals surface area contributed by atoms with E-state index < -0.39 is 27.9 Å². The number of aliphatic carboxylic acids is 1. The Morgan fingerprint density at radius 2 is 1.88 bits per heavy atom. The first kappa shape index (κ1) is 18.7. The molecule has 2 saturated heterocycles. The summed E-state index contributed by atoms with van der Waals surface area (Å²) < 4.78 is 24.3. The first-order valence-corrected chi connectivity index (χ1v) is 10.2. The molecule has 2 fully saturated rings. The van der Waals surface area contributed by atoms with Crippen LogP contribution < -0.4 is 4.90 Å². The summed E-state index contributed by atoms with van der Waals surface area (Å²) in [7, 11) is 0.461. The second-order valence-corrected chi connectivity index (χ2v) is 9.17. The zero-order valence-electron chi connectivity index (χ0n) is 14.8. The molecule has 9 heteroatoms. The molecule has 0 spiro atoms. The van der Waals surface area contributed by atoms with E-state index in [-0.39, 0.29) is 24.0 Å². The van der Waals surface area contributed by atoms with Crippen molar-refractivity contribution in [1.82, 2.24) is 9.80 Å². The topological polar surface area (TPSA) is 98.2 Å². The molecule has 0 aromatic heterocycles. The van der Waals surface area contributed by atoms with Crippen molar-refractivity contribution in [3.8, 4) is 0 Å². The fraction of sp³-hybridized carbons (Fsp3) is 0.529. The summed E-state index contributed by atoms with van der Waals surface area (Å²) in [6, 6.07) is 6.22. The maximum atomic E-state index is 13.0. The van der Waals surface area contributed by atoms with Crippen LogP contribution in [0.1, 0.15) is 10.4 Å². The number of rotatable bonds is 4. The summed E-state index contributed by atoms with van der Waals surface area (Å²) in [5.74, 6) is -1.43. The van der Waals surface area contributed by atoms with Gasteiger partial charge in [0.15, 0.2) is 9.84 Å². The number of benzene rings is 1. The van der Waals surface area contributed by atoms with Crippen molar-refractivity contribution in [3.63, 3.8) is 0 Å². The van der Waals surface area contributed by atoms with Crippen LogP contribution >= 0.6 is 0 Å². The van der Waals surface area contributed by atoms with E-state index in [0.29, 0.717) is 18.7 Å². The van der Waals surface area contributed by atoms with Gasteiger partial charge in [-0.25, -0.2) is 8.42 Å². The van der Waals surface area contributed by atoms with Gasteiger partial charge in [-0.15, -0.1) is 0 Å². The first-order valence-electron chi connectivity index (χ1n) is 8.42. The van der Waals surface area contributed by atoms with E-state index in [2.05, 4.69) is 0 Å². The summed E-state index contributed by atoms with van der Waals surface area (Å²) in [4.78, 5) is 29.3. The lowest BCUT2D eigenvalue weighted by molar-refractivity contribution is -0.139. The number of carbonyl (C=O) groups is 2. The molecule has 1 aromatic rings. The Bertz CT molecular complexity index is 823. The van der Waals surface area contributed by atoms with Crippen molar-refractivity contribution in [2.75, 3.05) is 50.1 Å². The summed E-state index contributed by atoms with van der Waals surface area (Å²) >= 11 is 0. The number of hydrogen-bond acceptors (Lipinski definition) is 6. The van der Waals surface area contributed by atoms with Crippen LogP contribution in [0.4, 0.5) is 5.69 Å². The highest BCUT2D eigenvalue weighted by atomic mass is 32.2. The second-order valence-electron chi connectivity index (χ2n) is 7.02. The lowest BCUT2D eigenvalue weighted by Gasteiger charge is -2.43. The molecule has 8 nitrogen and oxygen atoms in total. The minimum Gasteiger partial charge on any atom is -0.480 e. The third kappa shape index (κ3) is 3.68. The van der Waals surface area contributed by atoms with Crippen LogP contribution in [0.25, 0.3) is 0 Å². The van der Waals surface area contributed by atoms with E-state index in [0.717, 1.165) is 5.69 Å². The van der Waals surface area contributed by atoms with Gasteiger partial charge >= 0.3 is 5.97 Å². The van der Waals surface area contributed by atoms with Gasteiger partial charge in [0.1, 0.15) is 0 Å². The maximum Gasteiger partial charge on any atom is 0.317 e. The highest BCUT2D eigenvalue weighted by Crippen LogP contribution is 2.28. The summed E-state index contributed by atoms with van der Waals surface area (Å²) in [6.07, 6.45) is 0. The van der Waals surface area contributed by atoms with Crippen molar-refractivity contribution in [1.29, 1.82) is 0 Å². The zero-order valence-corrected chi connectivity index (χ0v) is 15.6. The molecular weight excluding hydrogens is 358 g/mol. The van der Waals surface area contributed by atoms with Crippen LogP contribution in [0.15, 0.2) is 24.3 Å². The molecule has 3 rings (SSSR count). The summed E-state index contributed by atoms with van der Waals surface area (Å²) in [5.41, 5.74) is 1.39. The molecule has 1 N–H and O–H groups in total. The van der Waals surface area contributed by atoms with Crippen molar-refractivity contribution in [3.05, 3.63) is 29.8 Å². The summed E-state index contributed by atoms with van der Waals surface area (Å²) in [5, 5.41) is 9.08. The number of hydrogen-bond donors (Lipinski definition) is 1. The maximum absolute atomic E-state index is 13.0. The molecule has 1 aromatic carbocycles. The third-order valence-electron chi connectivity index (χ3n) is 5.00. The summed E-state index contributed by atoms with van der Waals surface area (Å²) in [6.45, 7) is 0.450. The molecule has 0 radical (unpaired) electrons. The van der Waals surface area contributed by atoms with Crippen LogP contribution in [-0.2, 0) is 14.6 Å². The van der Waals surface area contributed by atoms with Crippen molar-refractivity contribution in [2.45, 2.75) is 12.1 Å². The van der Waals surface area contributed by atoms with Crippen molar-refractivity contribution in [2.24, 2.45) is 0 Å². The quantitative estimate of drug-likeness (QED) is 0.769. The molecule has 1 amide bonds. The molecule has 2 aliphatic rings. The number of piperazine rings is 1. The number of anilines is 1. The Morgan fingerprint density at radius 3 is 2.54 bits per heavy atom. The van der Waals surface area contributed by atoms with Crippen molar-refractivity contribution < 1.29 is 23.1 Å². The number of carboxylic acids is 1. The van der Waals surface area contributed by atoms with Crippen LogP contribution in [0.3, 0.4) is 0 Å². The first-order chi connectivity index (χ1) is 12.2. The average Bonchev–Trinajstić information content (AvgIpc) is 2.89. The molecule has 0 aliphatic carbocycles. The number of carbonyl (C=O) groups excluding carboxylic acids is 1. The van der Waals surface area contributed by atoms with E-state index >= 15 is 0 Å². The molecule has 2 heterocycles. The lowest BCUT2D eigenvalue weighted by Crippen LogP contribution is -2.61. The molecule has 2 atom stereocenters. The van der Waals surface area contributed by atoms with Crippen LogP contribution in [0.2, 0.25) is 0 Å². The molecule has 26 heavy (non-hydrogen) atoms. The number of carboxylic acid groups (broad SMARTS) is 1. The lowest BCUT2D eigenvalue weighted by atomic mass is 10.0.